The maximum atomic E-state index is 10.1. The smallest absolute Gasteiger partial charge is 0.132 e. The third kappa shape index (κ3) is 6.60. The molecule has 2 atom stereocenters. The molecule has 172 valence electrons. The molecule has 32 heavy (non-hydrogen) atoms. The van der Waals surface area contributed by atoms with E-state index in [9.17, 15) is 10.2 Å². The average molecular weight is 571 g/mol. The minimum atomic E-state index is -0.684. The van der Waals surface area contributed by atoms with E-state index in [0.29, 0.717) is 12.3 Å². The molecule has 8 heteroatoms. The van der Waals surface area contributed by atoms with Gasteiger partial charge in [-0.1, -0.05) is 32.0 Å². The fraction of sp³-hybridized carbons (Fsp3) is 0.375. The topological polar surface area (TPSA) is 76.7 Å². The van der Waals surface area contributed by atoms with Crippen molar-refractivity contribution in [3.05, 3.63) is 75.9 Å². The first kappa shape index (κ1) is 24.8. The van der Waals surface area contributed by atoms with Crippen LogP contribution in [0.4, 0.5) is 0 Å². The first-order valence-corrected chi connectivity index (χ1v) is 11.9. The molecule has 3 rings (SSSR count). The number of hydrogen-bond acceptors (Lipinski definition) is 5. The predicted octanol–water partition coefficient (Wildman–Crippen LogP) is 4.23. The van der Waals surface area contributed by atoms with Crippen LogP contribution in [0.1, 0.15) is 25.0 Å². The molecule has 0 aliphatic carbocycles. The van der Waals surface area contributed by atoms with Crippen LogP contribution in [0.3, 0.4) is 0 Å². The maximum Gasteiger partial charge on any atom is 0.132 e. The fourth-order valence-electron chi connectivity index (χ4n) is 3.25. The zero-order chi connectivity index (χ0) is 23.1. The number of aliphatic hydroxyl groups excluding tert-OH is 2. The highest BCUT2D eigenvalue weighted by molar-refractivity contribution is 14.1. The van der Waals surface area contributed by atoms with Crippen molar-refractivity contribution in [1.82, 2.24) is 9.55 Å². The number of benzene rings is 2. The molecule has 0 aliphatic rings. The molecule has 2 N–H and O–H groups in total. The van der Waals surface area contributed by atoms with Gasteiger partial charge in [-0.05, 0) is 58.0 Å². The van der Waals surface area contributed by atoms with Crippen LogP contribution >= 0.6 is 34.2 Å². The van der Waals surface area contributed by atoms with Crippen molar-refractivity contribution in [2.24, 2.45) is 0 Å². The van der Waals surface area contributed by atoms with E-state index >= 15 is 0 Å². The van der Waals surface area contributed by atoms with Gasteiger partial charge in [-0.2, -0.15) is 0 Å². The van der Waals surface area contributed by atoms with Gasteiger partial charge in [0.25, 0.3) is 0 Å². The Balaban J connectivity index is 1.62. The number of nitrogens with zero attached hydrogens (tertiary/aromatic N) is 2. The lowest BCUT2D eigenvalue weighted by Gasteiger charge is -2.27. The van der Waals surface area contributed by atoms with Gasteiger partial charge >= 0.3 is 0 Å². The molecule has 0 radical (unpaired) electrons. The Kier molecular flexibility index (Phi) is 8.81. The quantitative estimate of drug-likeness (QED) is 0.267. The molecule has 2 aromatic carbocycles. The van der Waals surface area contributed by atoms with Gasteiger partial charge < -0.3 is 24.3 Å². The molecule has 0 aliphatic heterocycles. The third-order valence-electron chi connectivity index (χ3n) is 5.26. The second-order valence-electron chi connectivity index (χ2n) is 8.14. The van der Waals surface area contributed by atoms with Crippen molar-refractivity contribution in [2.75, 3.05) is 19.1 Å². The summed E-state index contributed by atoms with van der Waals surface area (Å²) in [4.78, 5) is 3.97. The van der Waals surface area contributed by atoms with E-state index in [0.717, 1.165) is 20.4 Å². The molecule has 3 aromatic rings. The number of halogens is 2. The van der Waals surface area contributed by atoms with Gasteiger partial charge in [-0.15, -0.1) is 11.6 Å². The number of aliphatic hydroxyl groups is 2. The fourth-order valence-corrected chi connectivity index (χ4v) is 4.01. The summed E-state index contributed by atoms with van der Waals surface area (Å²) in [5, 5.41) is 19.7. The van der Waals surface area contributed by atoms with E-state index in [1.54, 1.807) is 12.5 Å². The SMILES string of the molecule is CC(C)(c1ccc(OCC(O)Cn2ccnc2)cc1)c1ccc(OCC(O)CCl)c(I)c1. The minimum Gasteiger partial charge on any atom is -0.491 e. The molecule has 0 saturated carbocycles. The van der Waals surface area contributed by atoms with Gasteiger partial charge in [0.05, 0.1) is 22.3 Å². The Hall–Kier alpha value is -1.81. The molecule has 1 heterocycles. The highest BCUT2D eigenvalue weighted by atomic mass is 127. The van der Waals surface area contributed by atoms with Crippen molar-refractivity contribution in [1.29, 1.82) is 0 Å². The molecule has 0 fully saturated rings. The largest absolute Gasteiger partial charge is 0.491 e. The van der Waals surface area contributed by atoms with Crippen molar-refractivity contribution in [2.45, 2.75) is 38.0 Å². The van der Waals surface area contributed by atoms with E-state index in [1.165, 1.54) is 0 Å². The van der Waals surface area contributed by atoms with Crippen LogP contribution in [-0.2, 0) is 12.0 Å². The highest BCUT2D eigenvalue weighted by Crippen LogP contribution is 2.35. The first-order chi connectivity index (χ1) is 15.3. The van der Waals surface area contributed by atoms with Crippen LogP contribution in [0.2, 0.25) is 0 Å². The van der Waals surface area contributed by atoms with Crippen LogP contribution in [-0.4, -0.2) is 51.1 Å². The molecule has 0 bridgehead atoms. The molecular weight excluding hydrogens is 543 g/mol. The van der Waals surface area contributed by atoms with Gasteiger partial charge in [0.1, 0.15) is 36.9 Å². The molecule has 0 spiro atoms. The van der Waals surface area contributed by atoms with Crippen LogP contribution in [0.5, 0.6) is 11.5 Å². The van der Waals surface area contributed by atoms with Crippen molar-refractivity contribution >= 4 is 34.2 Å². The summed E-state index contributed by atoms with van der Waals surface area (Å²) in [5.74, 6) is 1.59. The summed E-state index contributed by atoms with van der Waals surface area (Å²) in [6.07, 6.45) is 3.86. The van der Waals surface area contributed by atoms with E-state index in [4.69, 9.17) is 21.1 Å². The summed E-state index contributed by atoms with van der Waals surface area (Å²) in [5.41, 5.74) is 2.07. The van der Waals surface area contributed by atoms with Gasteiger partial charge in [0.15, 0.2) is 0 Å². The summed E-state index contributed by atoms with van der Waals surface area (Å²) >= 11 is 7.87. The summed E-state index contributed by atoms with van der Waals surface area (Å²) < 4.78 is 14.2. The Bertz CT molecular complexity index is 980. The van der Waals surface area contributed by atoms with Gasteiger partial charge in [-0.25, -0.2) is 4.98 Å². The molecule has 1 aromatic heterocycles. The van der Waals surface area contributed by atoms with E-state index in [1.807, 2.05) is 47.2 Å². The van der Waals surface area contributed by atoms with E-state index in [2.05, 4.69) is 47.5 Å². The first-order valence-electron chi connectivity index (χ1n) is 10.3. The molecule has 0 amide bonds. The van der Waals surface area contributed by atoms with Crippen LogP contribution in [0, 0.1) is 3.57 Å². The van der Waals surface area contributed by atoms with Gasteiger partial charge in [0, 0.05) is 17.8 Å². The average Bonchev–Trinajstić information content (AvgIpc) is 3.29. The highest BCUT2D eigenvalue weighted by Gasteiger charge is 2.24. The zero-order valence-corrected chi connectivity index (χ0v) is 21.0. The lowest BCUT2D eigenvalue weighted by Crippen LogP contribution is -2.23. The standard InChI is InChI=1S/C24H28ClIN2O4/c1-24(2,18-5-8-23(22(26)11-18)32-14-19(29)12-25)17-3-6-21(7-4-17)31-15-20(30)13-28-10-9-27-16-28/h3-11,16,19-20,29-30H,12-15H2,1-2H3. The summed E-state index contributed by atoms with van der Waals surface area (Å²) in [6.45, 7) is 5.15. The number of aromatic nitrogens is 2. The van der Waals surface area contributed by atoms with Crippen LogP contribution < -0.4 is 9.47 Å². The second kappa shape index (κ2) is 11.4. The number of alkyl halides is 1. The molecule has 6 nitrogen and oxygen atoms in total. The summed E-state index contributed by atoms with van der Waals surface area (Å²) in [6, 6.07) is 14.0. The Labute approximate surface area is 207 Å². The molecular formula is C24H28ClIN2O4. The number of imidazole rings is 1. The lowest BCUT2D eigenvalue weighted by molar-refractivity contribution is 0.0924. The van der Waals surface area contributed by atoms with E-state index in [-0.39, 0.29) is 24.5 Å². The maximum absolute atomic E-state index is 10.1. The normalized spacial score (nSPS) is 13.6. The minimum absolute atomic E-state index is 0.144. The molecule has 2 unspecified atom stereocenters. The Morgan fingerprint density at radius 2 is 1.72 bits per heavy atom. The zero-order valence-electron chi connectivity index (χ0n) is 18.1. The Morgan fingerprint density at radius 1 is 1.03 bits per heavy atom. The van der Waals surface area contributed by atoms with Crippen molar-refractivity contribution in [3.8, 4) is 11.5 Å². The number of rotatable bonds is 11. The third-order valence-corrected chi connectivity index (χ3v) is 6.46. The monoisotopic (exact) mass is 570 g/mol. The second-order valence-corrected chi connectivity index (χ2v) is 9.61. The van der Waals surface area contributed by atoms with Gasteiger partial charge in [-0.3, -0.25) is 0 Å². The predicted molar refractivity (Wildman–Crippen MR) is 134 cm³/mol. The van der Waals surface area contributed by atoms with Crippen LogP contribution in [0.15, 0.2) is 61.2 Å². The van der Waals surface area contributed by atoms with E-state index < -0.39 is 12.2 Å². The van der Waals surface area contributed by atoms with Gasteiger partial charge in [0.2, 0.25) is 0 Å². The van der Waals surface area contributed by atoms with Crippen LogP contribution in [0.25, 0.3) is 0 Å². The Morgan fingerprint density at radius 3 is 2.34 bits per heavy atom. The lowest BCUT2D eigenvalue weighted by atomic mass is 9.78. The number of hydrogen-bond donors (Lipinski definition) is 2. The van der Waals surface area contributed by atoms with Crippen molar-refractivity contribution < 1.29 is 19.7 Å². The summed E-state index contributed by atoms with van der Waals surface area (Å²) in [7, 11) is 0. The van der Waals surface area contributed by atoms with Crippen molar-refractivity contribution in [3.63, 3.8) is 0 Å². The number of ether oxygens (including phenoxy) is 2. The molecule has 0 saturated heterocycles.